The molecular formula is C11H12N2OS2. The average molecular weight is 252 g/mol. The number of nitrogens with zero attached hydrogens (tertiary/aromatic N) is 1. The van der Waals surface area contributed by atoms with E-state index in [0.717, 1.165) is 6.42 Å². The average Bonchev–Trinajstić information content (AvgIpc) is 2.79. The first-order valence-corrected chi connectivity index (χ1v) is 7.07. The third-order valence-electron chi connectivity index (χ3n) is 2.17. The van der Waals surface area contributed by atoms with Crippen LogP contribution in [0, 0.1) is 0 Å². The summed E-state index contributed by atoms with van der Waals surface area (Å²) in [4.78, 5) is 5.82. The maximum atomic E-state index is 12.0. The van der Waals surface area contributed by atoms with Gasteiger partial charge in [-0.25, -0.2) is 0 Å². The summed E-state index contributed by atoms with van der Waals surface area (Å²) in [7, 11) is -1.04. The predicted octanol–water partition coefficient (Wildman–Crippen LogP) is 2.08. The van der Waals surface area contributed by atoms with E-state index in [1.54, 1.807) is 29.8 Å². The predicted molar refractivity (Wildman–Crippen MR) is 67.9 cm³/mol. The fraction of sp³-hybridized carbons (Fsp3) is 0.182. The molecule has 16 heavy (non-hydrogen) atoms. The Morgan fingerprint density at radius 3 is 3.00 bits per heavy atom. The second kappa shape index (κ2) is 5.23. The minimum absolute atomic E-state index is 0.506. The van der Waals surface area contributed by atoms with Gasteiger partial charge in [0.25, 0.3) is 0 Å². The van der Waals surface area contributed by atoms with Crippen LogP contribution in [0.25, 0.3) is 0 Å². The Kier molecular flexibility index (Phi) is 3.69. The number of aromatic nitrogens is 1. The summed E-state index contributed by atoms with van der Waals surface area (Å²) < 4.78 is 12.0. The minimum Gasteiger partial charge on any atom is -0.396 e. The highest BCUT2D eigenvalue weighted by atomic mass is 32.2. The number of rotatable bonds is 4. The summed E-state index contributed by atoms with van der Waals surface area (Å²) in [6, 6.07) is 5.78. The normalized spacial score (nSPS) is 12.5. The Hall–Kier alpha value is -1.20. The molecular weight excluding hydrogens is 240 g/mol. The third kappa shape index (κ3) is 2.68. The Labute approximate surface area is 101 Å². The van der Waals surface area contributed by atoms with Crippen molar-refractivity contribution in [2.75, 3.05) is 11.5 Å². The number of thiophene rings is 1. The van der Waals surface area contributed by atoms with Crippen molar-refractivity contribution in [1.82, 2.24) is 4.98 Å². The van der Waals surface area contributed by atoms with Gasteiger partial charge in [0.15, 0.2) is 0 Å². The summed E-state index contributed by atoms with van der Waals surface area (Å²) in [5.41, 5.74) is 6.22. The van der Waals surface area contributed by atoms with Crippen molar-refractivity contribution in [3.05, 3.63) is 40.8 Å². The number of hydrogen-bond donors (Lipinski definition) is 1. The topological polar surface area (TPSA) is 56.0 Å². The van der Waals surface area contributed by atoms with Crippen LogP contribution in [-0.4, -0.2) is 14.9 Å². The number of aryl methyl sites for hydroxylation is 1. The first kappa shape index (κ1) is 11.3. The van der Waals surface area contributed by atoms with Crippen LogP contribution in [0.5, 0.6) is 0 Å². The number of pyridine rings is 1. The van der Waals surface area contributed by atoms with Crippen molar-refractivity contribution < 1.29 is 4.21 Å². The molecule has 0 radical (unpaired) electrons. The van der Waals surface area contributed by atoms with E-state index < -0.39 is 10.8 Å². The van der Waals surface area contributed by atoms with Gasteiger partial charge in [0.1, 0.15) is 0 Å². The summed E-state index contributed by atoms with van der Waals surface area (Å²) in [6.45, 7) is 0. The SMILES string of the molecule is Nc1cnccc1S(=O)CCc1cccs1. The fourth-order valence-corrected chi connectivity index (χ4v) is 3.35. The van der Waals surface area contributed by atoms with Crippen molar-refractivity contribution in [1.29, 1.82) is 0 Å². The van der Waals surface area contributed by atoms with Crippen LogP contribution in [0.4, 0.5) is 5.69 Å². The molecule has 0 saturated carbocycles. The molecule has 0 aromatic carbocycles. The van der Waals surface area contributed by atoms with Crippen molar-refractivity contribution in [3.8, 4) is 0 Å². The van der Waals surface area contributed by atoms with Crippen LogP contribution in [-0.2, 0) is 17.2 Å². The van der Waals surface area contributed by atoms with Gasteiger partial charge in [-0.15, -0.1) is 11.3 Å². The highest BCUT2D eigenvalue weighted by Gasteiger charge is 2.07. The lowest BCUT2D eigenvalue weighted by Crippen LogP contribution is -2.04. The monoisotopic (exact) mass is 252 g/mol. The second-order valence-electron chi connectivity index (χ2n) is 3.29. The van der Waals surface area contributed by atoms with Crippen LogP contribution < -0.4 is 5.73 Å². The standard InChI is InChI=1S/C11H12N2OS2/c12-10-8-13-5-3-11(10)16(14)7-4-9-2-1-6-15-9/h1-3,5-6,8H,4,7,12H2. The van der Waals surface area contributed by atoms with Gasteiger partial charge in [-0.1, -0.05) is 6.07 Å². The molecule has 0 bridgehead atoms. The number of nitrogens with two attached hydrogens (primary N) is 1. The number of nitrogen functional groups attached to an aromatic ring is 1. The van der Waals surface area contributed by atoms with Crippen molar-refractivity contribution >= 4 is 27.8 Å². The smallest absolute Gasteiger partial charge is 0.0664 e. The van der Waals surface area contributed by atoms with Gasteiger partial charge in [0.2, 0.25) is 0 Å². The summed E-state index contributed by atoms with van der Waals surface area (Å²) in [5.74, 6) is 0.606. The van der Waals surface area contributed by atoms with Crippen molar-refractivity contribution in [2.45, 2.75) is 11.3 Å². The first-order chi connectivity index (χ1) is 7.77. The molecule has 0 saturated heterocycles. The second-order valence-corrected chi connectivity index (χ2v) is 5.86. The summed E-state index contributed by atoms with van der Waals surface area (Å²) >= 11 is 1.69. The quantitative estimate of drug-likeness (QED) is 0.906. The highest BCUT2D eigenvalue weighted by molar-refractivity contribution is 7.85. The minimum atomic E-state index is -1.04. The van der Waals surface area contributed by atoms with E-state index in [2.05, 4.69) is 11.1 Å². The summed E-state index contributed by atoms with van der Waals surface area (Å²) in [6.07, 6.45) is 3.99. The Bertz CT molecular complexity index is 482. The molecule has 1 atom stereocenters. The van der Waals surface area contributed by atoms with Gasteiger partial charge in [-0.05, 0) is 23.9 Å². The molecule has 2 rings (SSSR count). The maximum Gasteiger partial charge on any atom is 0.0664 e. The molecule has 0 aliphatic carbocycles. The first-order valence-electron chi connectivity index (χ1n) is 4.87. The van der Waals surface area contributed by atoms with Gasteiger partial charge < -0.3 is 5.73 Å². The van der Waals surface area contributed by atoms with E-state index >= 15 is 0 Å². The van der Waals surface area contributed by atoms with Crippen LogP contribution >= 0.6 is 11.3 Å². The molecule has 1 unspecified atom stereocenters. The molecule has 3 nitrogen and oxygen atoms in total. The van der Waals surface area contributed by atoms with E-state index in [1.165, 1.54) is 4.88 Å². The Morgan fingerprint density at radius 2 is 2.31 bits per heavy atom. The molecule has 0 spiro atoms. The van der Waals surface area contributed by atoms with Gasteiger partial charge >= 0.3 is 0 Å². The molecule has 2 aromatic rings. The summed E-state index contributed by atoms with van der Waals surface area (Å²) in [5, 5.41) is 2.03. The lowest BCUT2D eigenvalue weighted by atomic mass is 10.4. The Morgan fingerprint density at radius 1 is 1.44 bits per heavy atom. The molecule has 2 N–H and O–H groups in total. The molecule has 5 heteroatoms. The Balaban J connectivity index is 2.01. The fourth-order valence-electron chi connectivity index (χ4n) is 1.36. The van der Waals surface area contributed by atoms with Gasteiger partial charge in [0.05, 0.1) is 27.6 Å². The zero-order valence-corrected chi connectivity index (χ0v) is 10.3. The van der Waals surface area contributed by atoms with Crippen molar-refractivity contribution in [3.63, 3.8) is 0 Å². The van der Waals surface area contributed by atoms with Crippen LogP contribution in [0.3, 0.4) is 0 Å². The van der Waals surface area contributed by atoms with Crippen LogP contribution in [0.15, 0.2) is 40.9 Å². The lowest BCUT2D eigenvalue weighted by molar-refractivity contribution is 0.682. The molecule has 2 aromatic heterocycles. The zero-order chi connectivity index (χ0) is 11.4. The highest BCUT2D eigenvalue weighted by Crippen LogP contribution is 2.16. The molecule has 2 heterocycles. The lowest BCUT2D eigenvalue weighted by Gasteiger charge is -2.03. The number of anilines is 1. The molecule has 0 fully saturated rings. The molecule has 0 aliphatic heterocycles. The molecule has 0 amide bonds. The van der Waals surface area contributed by atoms with Gasteiger partial charge in [-0.3, -0.25) is 9.19 Å². The van der Waals surface area contributed by atoms with Crippen LogP contribution in [0.1, 0.15) is 4.88 Å². The van der Waals surface area contributed by atoms with Gasteiger partial charge in [-0.2, -0.15) is 0 Å². The van der Waals surface area contributed by atoms with E-state index in [-0.39, 0.29) is 0 Å². The largest absolute Gasteiger partial charge is 0.396 e. The maximum absolute atomic E-state index is 12.0. The molecule has 0 aliphatic rings. The van der Waals surface area contributed by atoms with E-state index in [9.17, 15) is 4.21 Å². The van der Waals surface area contributed by atoms with E-state index in [4.69, 9.17) is 5.73 Å². The number of hydrogen-bond acceptors (Lipinski definition) is 4. The zero-order valence-electron chi connectivity index (χ0n) is 8.63. The third-order valence-corrected chi connectivity index (χ3v) is 4.54. The van der Waals surface area contributed by atoms with Crippen molar-refractivity contribution in [2.24, 2.45) is 0 Å². The van der Waals surface area contributed by atoms with E-state index in [0.29, 0.717) is 16.3 Å². The molecule has 84 valence electrons. The van der Waals surface area contributed by atoms with E-state index in [1.807, 2.05) is 11.4 Å². The van der Waals surface area contributed by atoms with Gasteiger partial charge in [0, 0.05) is 16.8 Å². The van der Waals surface area contributed by atoms with Crippen LogP contribution in [0.2, 0.25) is 0 Å².